The third kappa shape index (κ3) is 4.66. The molecule has 0 spiro atoms. The number of rotatable bonds is 7. The van der Waals surface area contributed by atoms with Gasteiger partial charge < -0.3 is 9.80 Å². The summed E-state index contributed by atoms with van der Waals surface area (Å²) >= 11 is 12.3. The van der Waals surface area contributed by atoms with E-state index < -0.39 is 0 Å². The lowest BCUT2D eigenvalue weighted by molar-refractivity contribution is 0.233. The molecule has 0 fully saturated rings. The zero-order valence-corrected chi connectivity index (χ0v) is 17.4. The molecule has 0 saturated heterocycles. The molecule has 0 aliphatic rings. The van der Waals surface area contributed by atoms with Gasteiger partial charge in [0.25, 0.3) is 0 Å². The van der Waals surface area contributed by atoms with Gasteiger partial charge in [-0.3, -0.25) is 0 Å². The summed E-state index contributed by atoms with van der Waals surface area (Å²) in [5.41, 5.74) is 1.67. The Morgan fingerprint density at radius 3 is 2.52 bits per heavy atom. The number of anilines is 1. The highest BCUT2D eigenvalue weighted by Gasteiger charge is 2.22. The highest BCUT2D eigenvalue weighted by molar-refractivity contribution is 6.42. The molecule has 0 radical (unpaired) electrons. The molecule has 3 rings (SSSR count). The van der Waals surface area contributed by atoms with Crippen molar-refractivity contribution in [3.63, 3.8) is 0 Å². The second kappa shape index (κ2) is 8.37. The van der Waals surface area contributed by atoms with Gasteiger partial charge in [-0.05, 0) is 60.3 Å². The lowest BCUT2D eigenvalue weighted by atomic mass is 10.0. The van der Waals surface area contributed by atoms with Crippen LogP contribution in [0, 0.1) is 5.92 Å². The number of halogens is 2. The van der Waals surface area contributed by atoms with E-state index in [0.717, 1.165) is 17.9 Å². The van der Waals surface area contributed by atoms with Crippen molar-refractivity contribution in [2.75, 3.05) is 25.5 Å². The Balaban J connectivity index is 1.95. The van der Waals surface area contributed by atoms with Crippen LogP contribution in [0.2, 0.25) is 10.0 Å². The molecule has 144 valence electrons. The van der Waals surface area contributed by atoms with Crippen LogP contribution >= 0.6 is 23.2 Å². The Hall–Kier alpha value is -1.96. The van der Waals surface area contributed by atoms with Gasteiger partial charge >= 0.3 is 0 Å². The first kappa shape index (κ1) is 19.8. The fraction of sp³-hybridized carbons (Fsp3) is 0.444. The summed E-state index contributed by atoms with van der Waals surface area (Å²) in [5, 5.41) is 17.2. The predicted octanol–water partition coefficient (Wildman–Crippen LogP) is 3.42. The van der Waals surface area contributed by atoms with Gasteiger partial charge in [-0.15, -0.1) is 14.8 Å². The Bertz CT molecular complexity index is 902. The number of hydrogen-bond acceptors (Lipinski definition) is 6. The predicted molar refractivity (Wildman–Crippen MR) is 108 cm³/mol. The molecule has 0 amide bonds. The maximum absolute atomic E-state index is 6.21. The van der Waals surface area contributed by atoms with E-state index in [-0.39, 0.29) is 0 Å². The van der Waals surface area contributed by atoms with Crippen LogP contribution in [0.3, 0.4) is 0 Å². The highest BCUT2D eigenvalue weighted by Crippen LogP contribution is 2.25. The van der Waals surface area contributed by atoms with Crippen molar-refractivity contribution >= 4 is 34.7 Å². The van der Waals surface area contributed by atoms with E-state index in [4.69, 9.17) is 23.2 Å². The summed E-state index contributed by atoms with van der Waals surface area (Å²) in [4.78, 5) is 4.45. The number of likely N-dealkylation sites (N-methyl/N-ethyl adjacent to an activating group) is 1. The van der Waals surface area contributed by atoms with Crippen LogP contribution in [0.1, 0.15) is 19.4 Å². The normalized spacial score (nSPS) is 12.9. The van der Waals surface area contributed by atoms with E-state index in [1.54, 1.807) is 0 Å². The molecule has 9 heteroatoms. The Morgan fingerprint density at radius 1 is 1.07 bits per heavy atom. The van der Waals surface area contributed by atoms with Crippen LogP contribution in [0.25, 0.3) is 5.65 Å². The molecule has 7 nitrogen and oxygen atoms in total. The maximum atomic E-state index is 6.21. The lowest BCUT2D eigenvalue weighted by Crippen LogP contribution is -2.43. The molecule has 0 aliphatic carbocycles. The fourth-order valence-electron chi connectivity index (χ4n) is 3.10. The smallest absolute Gasteiger partial charge is 0.200 e. The molecule has 2 heterocycles. The molecule has 0 N–H and O–H groups in total. The zero-order valence-electron chi connectivity index (χ0n) is 15.8. The number of tetrazole rings is 1. The monoisotopic (exact) mass is 407 g/mol. The van der Waals surface area contributed by atoms with Crippen molar-refractivity contribution in [3.8, 4) is 0 Å². The summed E-state index contributed by atoms with van der Waals surface area (Å²) < 4.78 is 1.44. The number of aromatic nitrogens is 5. The van der Waals surface area contributed by atoms with Crippen molar-refractivity contribution < 1.29 is 0 Å². The van der Waals surface area contributed by atoms with E-state index in [2.05, 4.69) is 58.4 Å². The van der Waals surface area contributed by atoms with Gasteiger partial charge in [-0.25, -0.2) is 0 Å². The minimum atomic E-state index is 0.346. The number of hydrogen-bond donors (Lipinski definition) is 0. The third-order valence-electron chi connectivity index (χ3n) is 4.58. The third-order valence-corrected chi connectivity index (χ3v) is 5.32. The summed E-state index contributed by atoms with van der Waals surface area (Å²) in [7, 11) is 4.19. The molecule has 2 aromatic heterocycles. The average Bonchev–Trinajstić information content (AvgIpc) is 3.08. The van der Waals surface area contributed by atoms with Crippen LogP contribution in [0.5, 0.6) is 0 Å². The largest absolute Gasteiger partial charge is 0.349 e. The minimum absolute atomic E-state index is 0.346. The van der Waals surface area contributed by atoms with Gasteiger partial charge in [-0.2, -0.15) is 0 Å². The first-order chi connectivity index (χ1) is 12.8. The van der Waals surface area contributed by atoms with Gasteiger partial charge in [0.05, 0.1) is 10.0 Å². The van der Waals surface area contributed by atoms with Crippen molar-refractivity contribution in [3.05, 3.63) is 45.9 Å². The second-order valence-corrected chi connectivity index (χ2v) is 7.94. The number of fused-ring (bicyclic) bond motifs is 1. The van der Waals surface area contributed by atoms with Gasteiger partial charge in [-0.1, -0.05) is 43.1 Å². The van der Waals surface area contributed by atoms with E-state index in [1.165, 1.54) is 4.63 Å². The first-order valence-electron chi connectivity index (χ1n) is 8.76. The lowest BCUT2D eigenvalue weighted by Gasteiger charge is -2.34. The minimum Gasteiger partial charge on any atom is -0.349 e. The van der Waals surface area contributed by atoms with Gasteiger partial charge in [0, 0.05) is 19.1 Å². The summed E-state index contributed by atoms with van der Waals surface area (Å²) in [6.45, 7) is 5.89. The molecule has 0 unspecified atom stereocenters. The van der Waals surface area contributed by atoms with E-state index >= 15 is 0 Å². The van der Waals surface area contributed by atoms with Crippen molar-refractivity contribution in [2.24, 2.45) is 5.92 Å². The van der Waals surface area contributed by atoms with Crippen molar-refractivity contribution in [1.82, 2.24) is 30.2 Å². The average molecular weight is 408 g/mol. The van der Waals surface area contributed by atoms with Gasteiger partial charge in [0.15, 0.2) is 11.5 Å². The van der Waals surface area contributed by atoms with Crippen LogP contribution in [0.15, 0.2) is 30.3 Å². The zero-order chi connectivity index (χ0) is 19.6. The topological polar surface area (TPSA) is 62.5 Å². The molecule has 1 aromatic carbocycles. The summed E-state index contributed by atoms with van der Waals surface area (Å²) in [6.07, 6.45) is 0. The number of nitrogens with zero attached hydrogens (tertiary/aromatic N) is 7. The Morgan fingerprint density at radius 2 is 1.85 bits per heavy atom. The van der Waals surface area contributed by atoms with E-state index in [0.29, 0.717) is 34.2 Å². The standard InChI is InChI=1S/C18H23Cl2N7/c1-12(2)16(25(3)4)11-26(10-13-5-6-14(19)15(20)9-13)18-8-7-17-21-23-24-27(17)22-18/h5-9,12,16H,10-11H2,1-4H3/t16-/m1/s1. The van der Waals surface area contributed by atoms with Crippen LogP contribution in [-0.4, -0.2) is 56.8 Å². The van der Waals surface area contributed by atoms with Crippen molar-refractivity contribution in [1.29, 1.82) is 0 Å². The SMILES string of the molecule is CC(C)[C@@H](CN(Cc1ccc(Cl)c(Cl)c1)c1ccc2nnnn2n1)N(C)C. The van der Waals surface area contributed by atoms with Gasteiger partial charge in [0.2, 0.25) is 0 Å². The van der Waals surface area contributed by atoms with Crippen LogP contribution < -0.4 is 4.90 Å². The summed E-state index contributed by atoms with van der Waals surface area (Å²) in [6, 6.07) is 9.85. The second-order valence-electron chi connectivity index (χ2n) is 7.12. The van der Waals surface area contributed by atoms with Gasteiger partial charge in [0.1, 0.15) is 0 Å². The van der Waals surface area contributed by atoms with Crippen LogP contribution in [0.4, 0.5) is 5.82 Å². The van der Waals surface area contributed by atoms with Crippen LogP contribution in [-0.2, 0) is 6.54 Å². The number of benzene rings is 1. The highest BCUT2D eigenvalue weighted by atomic mass is 35.5. The molecule has 0 saturated carbocycles. The Labute approximate surface area is 168 Å². The molecule has 0 bridgehead atoms. The van der Waals surface area contributed by atoms with Crippen molar-refractivity contribution in [2.45, 2.75) is 26.4 Å². The van der Waals surface area contributed by atoms with E-state index in [9.17, 15) is 0 Å². The quantitative estimate of drug-likeness (QED) is 0.597. The fourth-order valence-corrected chi connectivity index (χ4v) is 3.42. The first-order valence-corrected chi connectivity index (χ1v) is 9.51. The molecule has 0 aliphatic heterocycles. The molecule has 27 heavy (non-hydrogen) atoms. The molecular formula is C18H23Cl2N7. The maximum Gasteiger partial charge on any atom is 0.200 e. The van der Waals surface area contributed by atoms with E-state index in [1.807, 2.05) is 30.3 Å². The Kier molecular flexibility index (Phi) is 6.14. The molecule has 3 aromatic rings. The molecule has 1 atom stereocenters. The molecular weight excluding hydrogens is 385 g/mol. The summed E-state index contributed by atoms with van der Waals surface area (Å²) in [5.74, 6) is 1.28.